The van der Waals surface area contributed by atoms with Gasteiger partial charge in [-0.3, -0.25) is 14.5 Å². The van der Waals surface area contributed by atoms with Gasteiger partial charge in [0.15, 0.2) is 0 Å². The Morgan fingerprint density at radius 3 is 2.46 bits per heavy atom. The number of β-amino-alcohol motifs (C(OH)–C–C–N with tert-alkyl or cyclic N) is 1. The molecule has 8 heteroatoms. The van der Waals surface area contributed by atoms with E-state index in [1.165, 1.54) is 25.7 Å². The second kappa shape index (κ2) is 13.2. The van der Waals surface area contributed by atoms with Crippen LogP contribution in [0.4, 0.5) is 0 Å². The molecule has 5 unspecified atom stereocenters. The zero-order chi connectivity index (χ0) is 25.0. The van der Waals surface area contributed by atoms with Crippen molar-refractivity contribution >= 4 is 11.8 Å². The maximum absolute atomic E-state index is 13.2. The molecule has 7 nitrogen and oxygen atoms in total. The van der Waals surface area contributed by atoms with Gasteiger partial charge in [0.05, 0.1) is 18.2 Å². The standard InChI is InChI=1S/C27H43N3O4.Ac/c1-6-21(28-25(33)20-12-9-13-23(31)17(20)2)24(32)16-30-15-19-11-8-7-10-18(19)14-22(30)26(34)29-27(3,4)5;/h9,12-13,18-19,21-22,24,31-32H,6-8,10-11,14-16H2,1-5H3,(H,28,33)(H,29,34);. The minimum atomic E-state index is -0.809. The molecule has 1 saturated carbocycles. The number of piperidine rings is 1. The smallest absolute Gasteiger partial charge is 0.251 e. The summed E-state index contributed by atoms with van der Waals surface area (Å²) in [5, 5.41) is 27.2. The normalized spacial score (nSPS) is 24.5. The largest absolute Gasteiger partial charge is 0.508 e. The van der Waals surface area contributed by atoms with Crippen LogP contribution in [0.1, 0.15) is 82.1 Å². The van der Waals surface area contributed by atoms with E-state index in [0.29, 0.717) is 35.9 Å². The van der Waals surface area contributed by atoms with Gasteiger partial charge in [0.25, 0.3) is 5.91 Å². The molecule has 1 aromatic carbocycles. The van der Waals surface area contributed by atoms with Crippen LogP contribution in [0, 0.1) is 62.8 Å². The third-order valence-corrected chi connectivity index (χ3v) is 7.50. The van der Waals surface area contributed by atoms with Crippen LogP contribution < -0.4 is 10.6 Å². The first-order chi connectivity index (χ1) is 16.0. The molecule has 2 fully saturated rings. The van der Waals surface area contributed by atoms with E-state index in [1.807, 2.05) is 27.7 Å². The number of hydrogen-bond acceptors (Lipinski definition) is 5. The van der Waals surface area contributed by atoms with Crippen molar-refractivity contribution in [1.29, 1.82) is 0 Å². The number of hydrogen-bond donors (Lipinski definition) is 4. The number of rotatable bonds is 7. The van der Waals surface area contributed by atoms with Crippen LogP contribution in [0.15, 0.2) is 18.2 Å². The Hall–Kier alpha value is -0.678. The van der Waals surface area contributed by atoms with E-state index in [-0.39, 0.29) is 73.2 Å². The molecule has 35 heavy (non-hydrogen) atoms. The fraction of sp³-hybridized carbons (Fsp3) is 0.704. The van der Waals surface area contributed by atoms with Crippen LogP contribution in [0.2, 0.25) is 0 Å². The van der Waals surface area contributed by atoms with E-state index in [2.05, 4.69) is 15.5 Å². The van der Waals surface area contributed by atoms with Crippen LogP contribution in [0.3, 0.4) is 0 Å². The summed E-state index contributed by atoms with van der Waals surface area (Å²) in [6, 6.07) is 4.14. The molecule has 5 atom stereocenters. The van der Waals surface area contributed by atoms with E-state index in [9.17, 15) is 19.8 Å². The van der Waals surface area contributed by atoms with Gasteiger partial charge >= 0.3 is 0 Å². The maximum Gasteiger partial charge on any atom is 0.251 e. The molecule has 1 heterocycles. The molecule has 1 saturated heterocycles. The van der Waals surface area contributed by atoms with Gasteiger partial charge in [0.2, 0.25) is 5.91 Å². The Kier molecular flexibility index (Phi) is 11.5. The zero-order valence-corrected chi connectivity index (χ0v) is 26.8. The summed E-state index contributed by atoms with van der Waals surface area (Å²) in [7, 11) is 0. The minimum absolute atomic E-state index is 0. The Bertz CT molecular complexity index is 872. The number of carbonyl (C=O) groups excluding carboxylic acids is 2. The van der Waals surface area contributed by atoms with Gasteiger partial charge in [-0.25, -0.2) is 0 Å². The van der Waals surface area contributed by atoms with Crippen LogP contribution in [0.5, 0.6) is 5.75 Å². The summed E-state index contributed by atoms with van der Waals surface area (Å²) < 4.78 is 0. The van der Waals surface area contributed by atoms with E-state index in [1.54, 1.807) is 25.1 Å². The fourth-order valence-electron chi connectivity index (χ4n) is 5.58. The predicted octanol–water partition coefficient (Wildman–Crippen LogP) is 3.37. The zero-order valence-electron chi connectivity index (χ0n) is 22.0. The molecule has 1 aromatic rings. The number of phenols is 1. The molecule has 193 valence electrons. The monoisotopic (exact) mass is 700 g/mol. The van der Waals surface area contributed by atoms with Gasteiger partial charge in [-0.05, 0) is 70.9 Å². The van der Waals surface area contributed by atoms with Crippen molar-refractivity contribution in [1.82, 2.24) is 15.5 Å². The van der Waals surface area contributed by atoms with Gasteiger partial charge < -0.3 is 20.8 Å². The second-order valence-electron chi connectivity index (χ2n) is 11.3. The van der Waals surface area contributed by atoms with E-state index in [4.69, 9.17) is 0 Å². The van der Waals surface area contributed by atoms with Crippen molar-refractivity contribution in [3.05, 3.63) is 29.3 Å². The third-order valence-electron chi connectivity index (χ3n) is 7.50. The average molecular weight is 701 g/mol. The van der Waals surface area contributed by atoms with Crippen LogP contribution >= 0.6 is 0 Å². The summed E-state index contributed by atoms with van der Waals surface area (Å²) in [4.78, 5) is 28.3. The SMILES string of the molecule is CCC(NC(=O)c1cccc(O)c1C)C(O)CN1CC2CCCCC2CC1C(=O)NC(C)(C)C.[Ac]. The molecule has 4 N–H and O–H groups in total. The van der Waals surface area contributed by atoms with Gasteiger partial charge in [-0.15, -0.1) is 0 Å². The molecular formula is C27H43AcN3O4. The number of benzene rings is 1. The van der Waals surface area contributed by atoms with Crippen molar-refractivity contribution < 1.29 is 63.9 Å². The summed E-state index contributed by atoms with van der Waals surface area (Å²) in [6.45, 7) is 10.7. The van der Waals surface area contributed by atoms with E-state index >= 15 is 0 Å². The molecule has 0 aromatic heterocycles. The summed E-state index contributed by atoms with van der Waals surface area (Å²) in [6.07, 6.45) is 5.39. The molecule has 0 bridgehead atoms. The van der Waals surface area contributed by atoms with Crippen molar-refractivity contribution in [2.24, 2.45) is 11.8 Å². The van der Waals surface area contributed by atoms with Gasteiger partial charge in [-0.1, -0.05) is 32.3 Å². The Labute approximate surface area is 246 Å². The first-order valence-electron chi connectivity index (χ1n) is 12.8. The number of phenolic OH excluding ortho intramolecular Hbond substituents is 1. The van der Waals surface area contributed by atoms with Gasteiger partial charge in [0, 0.05) is 73.8 Å². The number of aromatic hydroxyl groups is 1. The number of amides is 2. The van der Waals surface area contributed by atoms with E-state index in [0.717, 1.165) is 13.0 Å². The second-order valence-corrected chi connectivity index (χ2v) is 11.3. The number of carbonyl (C=O) groups is 2. The number of likely N-dealkylation sites (tertiary alicyclic amines) is 1. The summed E-state index contributed by atoms with van der Waals surface area (Å²) >= 11 is 0. The maximum atomic E-state index is 13.2. The molecule has 1 aliphatic heterocycles. The molecule has 1 radical (unpaired) electrons. The molecule has 0 spiro atoms. The van der Waals surface area contributed by atoms with Crippen molar-refractivity contribution in [2.45, 2.75) is 96.9 Å². The quantitative estimate of drug-likeness (QED) is 0.350. The molecule has 3 rings (SSSR count). The molecular weight excluding hydrogens is 657 g/mol. The first-order valence-corrected chi connectivity index (χ1v) is 12.8. The number of nitrogens with zero attached hydrogens (tertiary/aromatic N) is 1. The topological polar surface area (TPSA) is 102 Å². The summed E-state index contributed by atoms with van der Waals surface area (Å²) in [5.41, 5.74) is 0.600. The number of nitrogens with one attached hydrogen (secondary N) is 2. The molecule has 1 aliphatic carbocycles. The van der Waals surface area contributed by atoms with Crippen molar-refractivity contribution in [3.63, 3.8) is 0 Å². The third kappa shape index (κ3) is 8.15. The van der Waals surface area contributed by atoms with Crippen LogP contribution in [0.25, 0.3) is 0 Å². The number of aliphatic hydroxyl groups is 1. The van der Waals surface area contributed by atoms with E-state index < -0.39 is 12.1 Å². The Morgan fingerprint density at radius 1 is 1.17 bits per heavy atom. The Morgan fingerprint density at radius 2 is 1.83 bits per heavy atom. The molecule has 2 aliphatic rings. The number of fused-ring (bicyclic) bond motifs is 1. The average Bonchev–Trinajstić information content (AvgIpc) is 2.77. The predicted molar refractivity (Wildman–Crippen MR) is 134 cm³/mol. The summed E-state index contributed by atoms with van der Waals surface area (Å²) in [5.74, 6) is 0.908. The van der Waals surface area contributed by atoms with Gasteiger partial charge in [-0.2, -0.15) is 0 Å². The number of aliphatic hydroxyl groups excluding tert-OH is 1. The Balaban J connectivity index is 0.00000432. The fourth-order valence-corrected chi connectivity index (χ4v) is 5.58. The van der Waals surface area contributed by atoms with Gasteiger partial charge in [0.1, 0.15) is 5.75 Å². The first kappa shape index (κ1) is 30.5. The van der Waals surface area contributed by atoms with Crippen LogP contribution in [-0.4, -0.2) is 63.7 Å². The minimum Gasteiger partial charge on any atom is -0.508 e. The van der Waals surface area contributed by atoms with Crippen molar-refractivity contribution in [2.75, 3.05) is 13.1 Å². The van der Waals surface area contributed by atoms with Crippen molar-refractivity contribution in [3.8, 4) is 5.75 Å². The molecule has 2 amide bonds. The van der Waals surface area contributed by atoms with Crippen LogP contribution in [-0.2, 0) is 4.79 Å².